The minimum absolute atomic E-state index is 0.0602. The van der Waals surface area contributed by atoms with Crippen LogP contribution in [-0.4, -0.2) is 97.8 Å². The van der Waals surface area contributed by atoms with Gasteiger partial charge in [-0.1, -0.05) is 12.1 Å². The Morgan fingerprint density at radius 1 is 0.957 bits per heavy atom. The molecule has 5 rings (SSSR count). The van der Waals surface area contributed by atoms with Crippen LogP contribution >= 0.6 is 11.8 Å². The van der Waals surface area contributed by atoms with E-state index in [1.165, 1.54) is 31.0 Å². The molecule has 0 bridgehead atoms. The van der Waals surface area contributed by atoms with E-state index in [-0.39, 0.29) is 23.5 Å². The van der Waals surface area contributed by atoms with Crippen LogP contribution in [0.25, 0.3) is 6.08 Å². The standard InChI is InChI=1S/C30H30F6N4O5S/c1-43-24-14-19(2-5-23(24)45-18-20-3-4-21(29(31,32)33)16-22(20)30(34,35)36)15-25-27(42)37-28(46-25)40-8-6-38(7-9-40)17-26(41)39-10-12-44-13-11-39/h2-5,14-16H,6-13,17-18H2,1H3/b25-15+. The monoisotopic (exact) mass is 672 g/mol. The zero-order valence-electron chi connectivity index (χ0n) is 24.6. The van der Waals surface area contributed by atoms with Crippen LogP contribution in [-0.2, 0) is 33.3 Å². The van der Waals surface area contributed by atoms with Gasteiger partial charge >= 0.3 is 12.4 Å². The van der Waals surface area contributed by atoms with E-state index >= 15 is 0 Å². The smallest absolute Gasteiger partial charge is 0.416 e. The molecule has 0 aromatic heterocycles. The van der Waals surface area contributed by atoms with Gasteiger partial charge in [-0.05, 0) is 47.7 Å². The summed E-state index contributed by atoms with van der Waals surface area (Å²) in [6.45, 7) is 4.41. The van der Waals surface area contributed by atoms with Gasteiger partial charge in [0.05, 0.1) is 42.9 Å². The van der Waals surface area contributed by atoms with Crippen LogP contribution in [0.3, 0.4) is 0 Å². The van der Waals surface area contributed by atoms with E-state index < -0.39 is 41.6 Å². The third-order valence-electron chi connectivity index (χ3n) is 7.59. The van der Waals surface area contributed by atoms with E-state index in [0.717, 1.165) is 6.07 Å². The highest BCUT2D eigenvalue weighted by molar-refractivity contribution is 8.18. The lowest BCUT2D eigenvalue weighted by molar-refractivity contribution is -0.143. The quantitative estimate of drug-likeness (QED) is 0.308. The lowest BCUT2D eigenvalue weighted by atomic mass is 10.0. The molecule has 0 atom stereocenters. The van der Waals surface area contributed by atoms with E-state index in [4.69, 9.17) is 14.2 Å². The summed E-state index contributed by atoms with van der Waals surface area (Å²) in [4.78, 5) is 35.7. The van der Waals surface area contributed by atoms with Crippen molar-refractivity contribution in [2.24, 2.45) is 4.99 Å². The molecule has 2 saturated heterocycles. The molecular weight excluding hydrogens is 642 g/mol. The molecule has 9 nitrogen and oxygen atoms in total. The van der Waals surface area contributed by atoms with Crippen LogP contribution in [0.5, 0.6) is 11.5 Å². The lowest BCUT2D eigenvalue weighted by Crippen LogP contribution is -2.52. The van der Waals surface area contributed by atoms with Crippen LogP contribution < -0.4 is 9.47 Å². The molecule has 3 aliphatic rings. The summed E-state index contributed by atoms with van der Waals surface area (Å²) in [7, 11) is 1.32. The Morgan fingerprint density at radius 3 is 2.33 bits per heavy atom. The maximum atomic E-state index is 13.5. The number of carbonyl (C=O) groups excluding carboxylic acids is 2. The summed E-state index contributed by atoms with van der Waals surface area (Å²) < 4.78 is 95.7. The molecule has 0 radical (unpaired) electrons. The first-order valence-corrected chi connectivity index (χ1v) is 15.1. The van der Waals surface area contributed by atoms with E-state index in [9.17, 15) is 35.9 Å². The molecule has 2 aromatic rings. The Labute approximate surface area is 264 Å². The van der Waals surface area contributed by atoms with E-state index in [1.807, 2.05) is 4.90 Å². The predicted octanol–water partition coefficient (Wildman–Crippen LogP) is 4.76. The van der Waals surface area contributed by atoms with Crippen molar-refractivity contribution in [2.45, 2.75) is 19.0 Å². The summed E-state index contributed by atoms with van der Waals surface area (Å²) in [5.74, 6) is -0.146. The van der Waals surface area contributed by atoms with Gasteiger partial charge in [-0.25, -0.2) is 0 Å². The summed E-state index contributed by atoms with van der Waals surface area (Å²) in [6, 6.07) is 5.90. The van der Waals surface area contributed by atoms with Crippen LogP contribution in [0.15, 0.2) is 46.3 Å². The summed E-state index contributed by atoms with van der Waals surface area (Å²) in [5, 5.41) is 0.555. The topological polar surface area (TPSA) is 83.9 Å². The van der Waals surface area contributed by atoms with Gasteiger partial charge in [0, 0.05) is 44.8 Å². The number of piperazine rings is 1. The molecule has 0 unspecified atom stereocenters. The number of amidine groups is 1. The number of ether oxygens (including phenoxy) is 3. The van der Waals surface area contributed by atoms with Crippen molar-refractivity contribution in [3.05, 3.63) is 63.6 Å². The minimum atomic E-state index is -5.03. The molecule has 3 heterocycles. The number of halogens is 6. The Kier molecular flexibility index (Phi) is 10.2. The number of methoxy groups -OCH3 is 1. The Bertz CT molecular complexity index is 1520. The Balaban J connectivity index is 1.19. The minimum Gasteiger partial charge on any atom is -0.493 e. The number of morpholine rings is 1. The van der Waals surface area contributed by atoms with Gasteiger partial charge in [0.25, 0.3) is 5.91 Å². The third kappa shape index (κ3) is 8.14. The molecule has 0 aliphatic carbocycles. The number of hydrogen-bond donors (Lipinski definition) is 0. The van der Waals surface area contributed by atoms with Crippen LogP contribution in [0.2, 0.25) is 0 Å². The number of amides is 2. The van der Waals surface area contributed by atoms with Gasteiger partial charge in [-0.3, -0.25) is 14.5 Å². The molecule has 248 valence electrons. The summed E-state index contributed by atoms with van der Waals surface area (Å²) in [5.41, 5.74) is -2.80. The average Bonchev–Trinajstić information content (AvgIpc) is 3.39. The number of hydrogen-bond acceptors (Lipinski definition) is 8. The van der Waals surface area contributed by atoms with Crippen molar-refractivity contribution in [3.8, 4) is 11.5 Å². The molecule has 0 spiro atoms. The van der Waals surface area contributed by atoms with E-state index in [1.54, 1.807) is 17.0 Å². The number of alkyl halides is 6. The number of thioether (sulfide) groups is 1. The zero-order chi connectivity index (χ0) is 33.1. The molecule has 0 saturated carbocycles. The molecule has 2 fully saturated rings. The molecular formula is C30H30F6N4O5S. The highest BCUT2D eigenvalue weighted by Crippen LogP contribution is 2.39. The second kappa shape index (κ2) is 13.9. The number of rotatable bonds is 7. The van der Waals surface area contributed by atoms with Crippen molar-refractivity contribution >= 4 is 34.8 Å². The van der Waals surface area contributed by atoms with Crippen molar-refractivity contribution in [1.82, 2.24) is 14.7 Å². The molecule has 3 aliphatic heterocycles. The van der Waals surface area contributed by atoms with Gasteiger partial charge in [-0.2, -0.15) is 31.3 Å². The van der Waals surface area contributed by atoms with E-state index in [0.29, 0.717) is 80.7 Å². The van der Waals surface area contributed by atoms with Crippen molar-refractivity contribution < 1.29 is 50.1 Å². The highest BCUT2D eigenvalue weighted by atomic mass is 32.2. The molecule has 2 amide bonds. The Morgan fingerprint density at radius 2 is 1.67 bits per heavy atom. The fraction of sp³-hybridized carbons (Fsp3) is 0.433. The van der Waals surface area contributed by atoms with Crippen molar-refractivity contribution in [3.63, 3.8) is 0 Å². The maximum absolute atomic E-state index is 13.5. The second-order valence-electron chi connectivity index (χ2n) is 10.6. The highest BCUT2D eigenvalue weighted by Gasteiger charge is 2.38. The van der Waals surface area contributed by atoms with Crippen molar-refractivity contribution in [2.75, 3.05) is 66.1 Å². The second-order valence-corrected chi connectivity index (χ2v) is 11.6. The molecule has 0 N–H and O–H groups in total. The molecule has 16 heteroatoms. The number of benzene rings is 2. The first-order chi connectivity index (χ1) is 21.8. The first kappa shape index (κ1) is 33.6. The fourth-order valence-corrected chi connectivity index (χ4v) is 6.04. The third-order valence-corrected chi connectivity index (χ3v) is 8.63. The van der Waals surface area contributed by atoms with E-state index in [2.05, 4.69) is 9.89 Å². The summed E-state index contributed by atoms with van der Waals surface area (Å²) in [6.07, 6.45) is -8.36. The number of aliphatic imine (C=N–C) groups is 1. The SMILES string of the molecule is COc1cc(/C=C2/SC(N3CCN(CC(=O)N4CCOCC4)CC3)=NC2=O)ccc1OCc1ccc(C(F)(F)F)cc1C(F)(F)F. The van der Waals surface area contributed by atoms with Crippen LogP contribution in [0, 0.1) is 0 Å². The Hall–Kier alpha value is -3.76. The number of nitrogens with zero attached hydrogens (tertiary/aromatic N) is 4. The maximum Gasteiger partial charge on any atom is 0.416 e. The lowest BCUT2D eigenvalue weighted by Gasteiger charge is -2.36. The van der Waals surface area contributed by atoms with Gasteiger partial charge in [0.2, 0.25) is 5.91 Å². The van der Waals surface area contributed by atoms with Crippen LogP contribution in [0.4, 0.5) is 26.3 Å². The van der Waals surface area contributed by atoms with Gasteiger partial charge < -0.3 is 24.0 Å². The fourth-order valence-electron chi connectivity index (χ4n) is 5.08. The number of carbonyl (C=O) groups is 2. The average molecular weight is 673 g/mol. The van der Waals surface area contributed by atoms with Gasteiger partial charge in [0.1, 0.15) is 6.61 Å². The van der Waals surface area contributed by atoms with Gasteiger partial charge in [0.15, 0.2) is 16.7 Å². The first-order valence-electron chi connectivity index (χ1n) is 14.3. The molecule has 46 heavy (non-hydrogen) atoms. The predicted molar refractivity (Wildman–Crippen MR) is 157 cm³/mol. The van der Waals surface area contributed by atoms with Gasteiger partial charge in [-0.15, -0.1) is 0 Å². The molecule has 2 aromatic carbocycles. The summed E-state index contributed by atoms with van der Waals surface area (Å²) >= 11 is 1.21. The van der Waals surface area contributed by atoms with Crippen LogP contribution in [0.1, 0.15) is 22.3 Å². The normalized spacial score (nSPS) is 19.1. The zero-order valence-corrected chi connectivity index (χ0v) is 25.4. The van der Waals surface area contributed by atoms with Crippen molar-refractivity contribution in [1.29, 1.82) is 0 Å². The largest absolute Gasteiger partial charge is 0.493 e.